The summed E-state index contributed by atoms with van der Waals surface area (Å²) in [5.74, 6) is 1.31. The highest BCUT2D eigenvalue weighted by Gasteiger charge is 2.24. The maximum atomic E-state index is 13.0. The van der Waals surface area contributed by atoms with E-state index in [1.165, 1.54) is 0 Å². The van der Waals surface area contributed by atoms with Crippen molar-refractivity contribution in [3.8, 4) is 11.5 Å². The van der Waals surface area contributed by atoms with Gasteiger partial charge in [0.15, 0.2) is 11.5 Å². The maximum Gasteiger partial charge on any atom is 0.241 e. The van der Waals surface area contributed by atoms with Crippen LogP contribution in [0.15, 0.2) is 82.2 Å². The molecule has 3 aromatic rings. The molecule has 1 atom stereocenters. The number of rotatable bonds is 6. The summed E-state index contributed by atoms with van der Waals surface area (Å²) in [6.07, 6.45) is 0.510. The monoisotopic (exact) mass is 473 g/mol. The molecular formula is C22H20BrNO4S. The van der Waals surface area contributed by atoms with E-state index in [2.05, 4.69) is 20.7 Å². The highest BCUT2D eigenvalue weighted by atomic mass is 79.9. The molecule has 0 aromatic heterocycles. The minimum atomic E-state index is -3.71. The van der Waals surface area contributed by atoms with Crippen molar-refractivity contribution in [1.29, 1.82) is 0 Å². The van der Waals surface area contributed by atoms with Crippen molar-refractivity contribution in [1.82, 2.24) is 4.72 Å². The minimum Gasteiger partial charge on any atom is -0.486 e. The molecule has 0 aliphatic carbocycles. The highest BCUT2D eigenvalue weighted by molar-refractivity contribution is 9.10. The molecule has 0 fully saturated rings. The van der Waals surface area contributed by atoms with E-state index < -0.39 is 16.1 Å². The van der Waals surface area contributed by atoms with Crippen LogP contribution in [0, 0.1) is 0 Å². The van der Waals surface area contributed by atoms with Gasteiger partial charge < -0.3 is 9.47 Å². The SMILES string of the molecule is O=S(=O)(NC(Cc1ccccc1)c1ccc2c(c1)OCCO2)c1ccc(Br)cc1. The zero-order valence-electron chi connectivity index (χ0n) is 15.5. The summed E-state index contributed by atoms with van der Waals surface area (Å²) in [5, 5.41) is 0. The fraction of sp³-hybridized carbons (Fsp3) is 0.182. The van der Waals surface area contributed by atoms with Gasteiger partial charge in [0, 0.05) is 4.47 Å². The molecule has 1 unspecified atom stereocenters. The van der Waals surface area contributed by atoms with Gasteiger partial charge in [-0.25, -0.2) is 13.1 Å². The summed E-state index contributed by atoms with van der Waals surface area (Å²) >= 11 is 3.34. The van der Waals surface area contributed by atoms with Crippen molar-refractivity contribution in [2.24, 2.45) is 0 Å². The number of halogens is 1. The third-order valence-corrected chi connectivity index (χ3v) is 6.69. The Balaban J connectivity index is 1.67. The molecule has 0 amide bonds. The molecule has 0 bridgehead atoms. The van der Waals surface area contributed by atoms with E-state index >= 15 is 0 Å². The van der Waals surface area contributed by atoms with Gasteiger partial charge in [-0.3, -0.25) is 0 Å². The third kappa shape index (κ3) is 4.80. The van der Waals surface area contributed by atoms with Crippen molar-refractivity contribution in [3.63, 3.8) is 0 Å². The van der Waals surface area contributed by atoms with Crippen molar-refractivity contribution in [2.75, 3.05) is 13.2 Å². The van der Waals surface area contributed by atoms with Crippen molar-refractivity contribution in [3.05, 3.63) is 88.4 Å². The average Bonchev–Trinajstić information content (AvgIpc) is 2.74. The van der Waals surface area contributed by atoms with Crippen LogP contribution in [0.4, 0.5) is 0 Å². The lowest BCUT2D eigenvalue weighted by molar-refractivity contribution is 0.171. The van der Waals surface area contributed by atoms with Crippen LogP contribution in [0.3, 0.4) is 0 Å². The predicted octanol–water partition coefficient (Wildman–Crippen LogP) is 4.48. The van der Waals surface area contributed by atoms with Gasteiger partial charge in [0.1, 0.15) is 13.2 Å². The number of hydrogen-bond acceptors (Lipinski definition) is 4. The summed E-state index contributed by atoms with van der Waals surface area (Å²) in [7, 11) is -3.71. The molecule has 5 nitrogen and oxygen atoms in total. The van der Waals surface area contributed by atoms with Crippen molar-refractivity contribution in [2.45, 2.75) is 17.4 Å². The molecule has 7 heteroatoms. The Morgan fingerprint density at radius 1 is 0.897 bits per heavy atom. The van der Waals surface area contributed by atoms with Crippen LogP contribution in [-0.4, -0.2) is 21.6 Å². The van der Waals surface area contributed by atoms with Gasteiger partial charge in [-0.15, -0.1) is 0 Å². The second-order valence-electron chi connectivity index (χ2n) is 6.72. The summed E-state index contributed by atoms with van der Waals surface area (Å²) in [4.78, 5) is 0.219. The standard InChI is InChI=1S/C22H20BrNO4S/c23-18-7-9-19(10-8-18)29(25,26)24-20(14-16-4-2-1-3-5-16)17-6-11-21-22(15-17)28-13-12-27-21/h1-11,15,20,24H,12-14H2. The summed E-state index contributed by atoms with van der Waals surface area (Å²) in [5.41, 5.74) is 1.85. The van der Waals surface area contributed by atoms with E-state index in [0.717, 1.165) is 15.6 Å². The Kier molecular flexibility index (Phi) is 5.89. The Hall–Kier alpha value is -2.35. The summed E-state index contributed by atoms with van der Waals surface area (Å²) in [6.45, 7) is 0.987. The van der Waals surface area contributed by atoms with E-state index in [1.54, 1.807) is 24.3 Å². The van der Waals surface area contributed by atoms with Crippen molar-refractivity contribution < 1.29 is 17.9 Å². The average molecular weight is 474 g/mol. The lowest BCUT2D eigenvalue weighted by Crippen LogP contribution is -2.30. The molecule has 1 N–H and O–H groups in total. The lowest BCUT2D eigenvalue weighted by Gasteiger charge is -2.23. The number of sulfonamides is 1. The largest absolute Gasteiger partial charge is 0.486 e. The van der Waals surface area contributed by atoms with E-state index in [4.69, 9.17) is 9.47 Å². The number of benzene rings is 3. The Morgan fingerprint density at radius 3 is 2.31 bits per heavy atom. The van der Waals surface area contributed by atoms with Crippen LogP contribution in [-0.2, 0) is 16.4 Å². The van der Waals surface area contributed by atoms with E-state index in [1.807, 2.05) is 48.5 Å². The molecule has 4 rings (SSSR count). The van der Waals surface area contributed by atoms with Crippen LogP contribution >= 0.6 is 15.9 Å². The zero-order chi connectivity index (χ0) is 20.3. The number of nitrogens with one attached hydrogen (secondary N) is 1. The van der Waals surface area contributed by atoms with Crippen LogP contribution in [0.25, 0.3) is 0 Å². The van der Waals surface area contributed by atoms with Gasteiger partial charge in [-0.1, -0.05) is 52.3 Å². The van der Waals surface area contributed by atoms with Gasteiger partial charge in [0.2, 0.25) is 10.0 Å². The lowest BCUT2D eigenvalue weighted by atomic mass is 9.99. The second kappa shape index (κ2) is 8.57. The van der Waals surface area contributed by atoms with Crippen LogP contribution in [0.5, 0.6) is 11.5 Å². The molecule has 29 heavy (non-hydrogen) atoms. The molecule has 1 heterocycles. The molecule has 0 saturated heterocycles. The zero-order valence-corrected chi connectivity index (χ0v) is 17.9. The van der Waals surface area contributed by atoms with Gasteiger partial charge in [0.05, 0.1) is 10.9 Å². The van der Waals surface area contributed by atoms with Gasteiger partial charge in [-0.05, 0) is 53.9 Å². The summed E-state index contributed by atoms with van der Waals surface area (Å²) < 4.78 is 41.0. The number of ether oxygens (including phenoxy) is 2. The van der Waals surface area contributed by atoms with Crippen LogP contribution in [0.2, 0.25) is 0 Å². The number of fused-ring (bicyclic) bond motifs is 1. The van der Waals surface area contributed by atoms with E-state index in [-0.39, 0.29) is 4.90 Å². The van der Waals surface area contributed by atoms with Gasteiger partial charge in [0.25, 0.3) is 0 Å². The Bertz CT molecular complexity index is 1090. The normalized spacial score (nSPS) is 14.4. The molecule has 1 aliphatic rings. The predicted molar refractivity (Wildman–Crippen MR) is 115 cm³/mol. The first-order valence-corrected chi connectivity index (χ1v) is 11.5. The third-order valence-electron chi connectivity index (χ3n) is 4.67. The Morgan fingerprint density at radius 2 is 1.59 bits per heavy atom. The van der Waals surface area contributed by atoms with E-state index in [9.17, 15) is 8.42 Å². The molecule has 0 saturated carbocycles. The van der Waals surface area contributed by atoms with E-state index in [0.29, 0.717) is 31.1 Å². The first kappa shape index (κ1) is 19.9. The fourth-order valence-corrected chi connectivity index (χ4v) is 4.71. The molecule has 3 aromatic carbocycles. The van der Waals surface area contributed by atoms with Gasteiger partial charge in [-0.2, -0.15) is 0 Å². The topological polar surface area (TPSA) is 64.6 Å². The Labute approximate surface area is 178 Å². The van der Waals surface area contributed by atoms with Crippen LogP contribution < -0.4 is 14.2 Å². The van der Waals surface area contributed by atoms with Gasteiger partial charge >= 0.3 is 0 Å². The molecular weight excluding hydrogens is 454 g/mol. The first-order chi connectivity index (χ1) is 14.0. The second-order valence-corrected chi connectivity index (χ2v) is 9.35. The quantitative estimate of drug-likeness (QED) is 0.572. The number of hydrogen-bond donors (Lipinski definition) is 1. The molecule has 1 aliphatic heterocycles. The highest BCUT2D eigenvalue weighted by Crippen LogP contribution is 2.34. The molecule has 0 spiro atoms. The molecule has 0 radical (unpaired) electrons. The van der Waals surface area contributed by atoms with Crippen molar-refractivity contribution >= 4 is 26.0 Å². The maximum absolute atomic E-state index is 13.0. The summed E-state index contributed by atoms with van der Waals surface area (Å²) in [6, 6.07) is 21.5. The minimum absolute atomic E-state index is 0.219. The molecule has 150 valence electrons. The fourth-order valence-electron chi connectivity index (χ4n) is 3.22. The first-order valence-electron chi connectivity index (χ1n) is 9.23. The smallest absolute Gasteiger partial charge is 0.241 e. The van der Waals surface area contributed by atoms with Crippen LogP contribution in [0.1, 0.15) is 17.2 Å².